The van der Waals surface area contributed by atoms with E-state index in [-0.39, 0.29) is 5.69 Å². The molecule has 0 fully saturated rings. The molecule has 12 heavy (non-hydrogen) atoms. The molecule has 0 bridgehead atoms. The maximum atomic E-state index is 12.8. The molecule has 6 heteroatoms. The number of benzene rings is 1. The minimum absolute atomic E-state index is 0.233. The molecule has 0 atom stereocenters. The molecule has 1 aromatic carbocycles. The summed E-state index contributed by atoms with van der Waals surface area (Å²) in [5, 5.41) is -0.731. The molecule has 0 radical (unpaired) electrons. The van der Waals surface area contributed by atoms with Gasteiger partial charge in [0.1, 0.15) is 11.1 Å². The standard InChI is InChI=1S/C6H7FNO3P/c7-4-2-1-3-5(8)6(4)12(9,10)11/h1-3H,8H2,(H2,9,10,11). The molecule has 0 saturated heterocycles. The summed E-state index contributed by atoms with van der Waals surface area (Å²) in [6, 6.07) is 3.46. The summed E-state index contributed by atoms with van der Waals surface area (Å²) < 4.78 is 23.4. The van der Waals surface area contributed by atoms with Gasteiger partial charge in [-0.05, 0) is 12.1 Å². The van der Waals surface area contributed by atoms with E-state index in [4.69, 9.17) is 15.5 Å². The summed E-state index contributed by atoms with van der Waals surface area (Å²) in [7, 11) is -4.59. The summed E-state index contributed by atoms with van der Waals surface area (Å²) in [6.07, 6.45) is 0. The Morgan fingerprint density at radius 1 is 1.42 bits per heavy atom. The first-order chi connectivity index (χ1) is 5.43. The Morgan fingerprint density at radius 2 is 2.00 bits per heavy atom. The third-order valence-electron chi connectivity index (χ3n) is 1.31. The molecule has 0 aliphatic rings. The van der Waals surface area contributed by atoms with Crippen molar-refractivity contribution in [1.82, 2.24) is 0 Å². The molecular weight excluding hydrogens is 184 g/mol. The first-order valence-corrected chi connectivity index (χ1v) is 4.64. The van der Waals surface area contributed by atoms with Crippen LogP contribution in [0.4, 0.5) is 10.1 Å². The zero-order chi connectivity index (χ0) is 9.35. The predicted molar refractivity (Wildman–Crippen MR) is 42.5 cm³/mol. The Hall–Kier alpha value is -0.900. The molecule has 4 N–H and O–H groups in total. The van der Waals surface area contributed by atoms with Gasteiger partial charge in [-0.25, -0.2) is 4.39 Å². The monoisotopic (exact) mass is 191 g/mol. The molecule has 0 aliphatic carbocycles. The lowest BCUT2D eigenvalue weighted by Crippen LogP contribution is -2.14. The summed E-state index contributed by atoms with van der Waals surface area (Å²) in [4.78, 5) is 17.3. The van der Waals surface area contributed by atoms with Crippen molar-refractivity contribution in [2.24, 2.45) is 0 Å². The molecule has 66 valence electrons. The highest BCUT2D eigenvalue weighted by Gasteiger charge is 2.24. The Balaban J connectivity index is 3.42. The molecule has 0 unspecified atom stereocenters. The number of halogens is 1. The molecule has 4 nitrogen and oxygen atoms in total. The SMILES string of the molecule is Nc1cccc(F)c1P(=O)(O)O. The second kappa shape index (κ2) is 2.86. The van der Waals surface area contributed by atoms with E-state index in [1.807, 2.05) is 0 Å². The van der Waals surface area contributed by atoms with Crippen LogP contribution in [0, 0.1) is 5.82 Å². The molecule has 0 saturated carbocycles. The van der Waals surface area contributed by atoms with Crippen molar-refractivity contribution in [3.8, 4) is 0 Å². The second-order valence-electron chi connectivity index (χ2n) is 2.22. The first-order valence-electron chi connectivity index (χ1n) is 3.03. The molecule has 1 rings (SSSR count). The number of nitrogen functional groups attached to an aromatic ring is 1. The van der Waals surface area contributed by atoms with Gasteiger partial charge in [-0.2, -0.15) is 0 Å². The van der Waals surface area contributed by atoms with Gasteiger partial charge in [-0.3, -0.25) is 4.57 Å². The van der Waals surface area contributed by atoms with Gasteiger partial charge in [0, 0.05) is 0 Å². The lowest BCUT2D eigenvalue weighted by molar-refractivity contribution is 0.386. The topological polar surface area (TPSA) is 83.6 Å². The van der Waals surface area contributed by atoms with Crippen LogP contribution in [0.3, 0.4) is 0 Å². The average molecular weight is 191 g/mol. The minimum atomic E-state index is -4.59. The average Bonchev–Trinajstić information content (AvgIpc) is 1.82. The van der Waals surface area contributed by atoms with Gasteiger partial charge < -0.3 is 15.5 Å². The molecule has 0 aromatic heterocycles. The number of rotatable bonds is 1. The maximum absolute atomic E-state index is 12.8. The zero-order valence-corrected chi connectivity index (χ0v) is 6.83. The van der Waals surface area contributed by atoms with E-state index in [0.717, 1.165) is 6.07 Å². The van der Waals surface area contributed by atoms with Crippen LogP contribution in [-0.2, 0) is 4.57 Å². The van der Waals surface area contributed by atoms with Gasteiger partial charge in [0.25, 0.3) is 0 Å². The summed E-state index contributed by atoms with van der Waals surface area (Å²) in [6.45, 7) is 0. The number of hydrogen-bond donors (Lipinski definition) is 3. The van der Waals surface area contributed by atoms with Crippen LogP contribution in [0.25, 0.3) is 0 Å². The third-order valence-corrected chi connectivity index (χ3v) is 2.36. The summed E-state index contributed by atoms with van der Waals surface area (Å²) in [5.41, 5.74) is 4.94. The summed E-state index contributed by atoms with van der Waals surface area (Å²) in [5.74, 6) is -0.983. The van der Waals surface area contributed by atoms with E-state index in [9.17, 15) is 8.96 Å². The van der Waals surface area contributed by atoms with Crippen LogP contribution in [0.5, 0.6) is 0 Å². The normalized spacial score (nSPS) is 11.6. The highest BCUT2D eigenvalue weighted by atomic mass is 31.2. The molecule has 0 amide bonds. The second-order valence-corrected chi connectivity index (χ2v) is 3.76. The Morgan fingerprint density at radius 3 is 2.33 bits per heavy atom. The van der Waals surface area contributed by atoms with Crippen molar-refractivity contribution in [2.75, 3.05) is 5.73 Å². The van der Waals surface area contributed by atoms with Gasteiger partial charge in [-0.1, -0.05) is 6.07 Å². The third kappa shape index (κ3) is 1.64. The molecule has 1 aromatic rings. The smallest absolute Gasteiger partial charge is 0.361 e. The maximum Gasteiger partial charge on any atom is 0.361 e. The van der Waals surface area contributed by atoms with E-state index in [2.05, 4.69) is 0 Å². The van der Waals surface area contributed by atoms with Crippen molar-refractivity contribution >= 4 is 18.6 Å². The van der Waals surface area contributed by atoms with Crippen LogP contribution in [0.2, 0.25) is 0 Å². The van der Waals surface area contributed by atoms with E-state index < -0.39 is 18.7 Å². The lowest BCUT2D eigenvalue weighted by Gasteiger charge is -2.07. The highest BCUT2D eigenvalue weighted by Crippen LogP contribution is 2.36. The minimum Gasteiger partial charge on any atom is -0.398 e. The Bertz CT molecular complexity index is 328. The number of anilines is 1. The van der Waals surface area contributed by atoms with E-state index >= 15 is 0 Å². The van der Waals surface area contributed by atoms with Gasteiger partial charge in [0.2, 0.25) is 0 Å². The Kier molecular flexibility index (Phi) is 2.19. The van der Waals surface area contributed by atoms with Gasteiger partial charge in [-0.15, -0.1) is 0 Å². The van der Waals surface area contributed by atoms with Crippen LogP contribution in [-0.4, -0.2) is 9.79 Å². The van der Waals surface area contributed by atoms with Gasteiger partial charge in [0.05, 0.1) is 5.69 Å². The predicted octanol–water partition coefficient (Wildman–Crippen LogP) is 0.211. The van der Waals surface area contributed by atoms with Gasteiger partial charge >= 0.3 is 7.60 Å². The largest absolute Gasteiger partial charge is 0.398 e. The highest BCUT2D eigenvalue weighted by molar-refractivity contribution is 7.60. The molecular formula is C6H7FNO3P. The zero-order valence-electron chi connectivity index (χ0n) is 5.94. The fourth-order valence-corrected chi connectivity index (χ4v) is 1.60. The fraction of sp³-hybridized carbons (Fsp3) is 0. The van der Waals surface area contributed by atoms with Crippen molar-refractivity contribution in [1.29, 1.82) is 0 Å². The Labute approximate surface area is 68.0 Å². The lowest BCUT2D eigenvalue weighted by atomic mass is 10.3. The molecule has 0 spiro atoms. The van der Waals surface area contributed by atoms with E-state index in [1.54, 1.807) is 0 Å². The molecule has 0 aliphatic heterocycles. The van der Waals surface area contributed by atoms with Crippen molar-refractivity contribution in [3.05, 3.63) is 24.0 Å². The van der Waals surface area contributed by atoms with Crippen molar-refractivity contribution < 1.29 is 18.7 Å². The van der Waals surface area contributed by atoms with E-state index in [1.165, 1.54) is 12.1 Å². The number of nitrogens with two attached hydrogens (primary N) is 1. The number of hydrogen-bond acceptors (Lipinski definition) is 2. The first kappa shape index (κ1) is 9.19. The van der Waals surface area contributed by atoms with E-state index in [0.29, 0.717) is 0 Å². The van der Waals surface area contributed by atoms with Crippen molar-refractivity contribution in [3.63, 3.8) is 0 Å². The van der Waals surface area contributed by atoms with Crippen LogP contribution >= 0.6 is 7.60 Å². The quantitative estimate of drug-likeness (QED) is 0.437. The van der Waals surface area contributed by atoms with Crippen LogP contribution in [0.15, 0.2) is 18.2 Å². The van der Waals surface area contributed by atoms with Crippen LogP contribution < -0.4 is 11.0 Å². The fourth-order valence-electron chi connectivity index (χ4n) is 0.839. The summed E-state index contributed by atoms with van der Waals surface area (Å²) >= 11 is 0. The van der Waals surface area contributed by atoms with Crippen molar-refractivity contribution in [2.45, 2.75) is 0 Å². The van der Waals surface area contributed by atoms with Gasteiger partial charge in [0.15, 0.2) is 0 Å². The van der Waals surface area contributed by atoms with Crippen LogP contribution in [0.1, 0.15) is 0 Å². The molecule has 0 heterocycles.